The van der Waals surface area contributed by atoms with Crippen molar-refractivity contribution >= 4 is 35.5 Å². The second-order valence-electron chi connectivity index (χ2n) is 0.611. The number of primary amides is 1. The van der Waals surface area contributed by atoms with E-state index in [0.717, 1.165) is 0 Å². The van der Waals surface area contributed by atoms with Gasteiger partial charge in [-0.3, -0.25) is 4.79 Å². The van der Waals surface area contributed by atoms with Crippen LogP contribution in [0, 0.1) is 0 Å². The van der Waals surface area contributed by atoms with Crippen molar-refractivity contribution in [3.63, 3.8) is 0 Å². The van der Waals surface area contributed by atoms with Gasteiger partial charge in [-0.2, -0.15) is 0 Å². The van der Waals surface area contributed by atoms with Gasteiger partial charge in [0, 0.05) is 6.92 Å². The zero-order chi connectivity index (χ0) is 3.58. The first-order valence-corrected chi connectivity index (χ1v) is 0.993. The second kappa shape index (κ2) is 4.47. The van der Waals surface area contributed by atoms with E-state index < -0.39 is 0 Å². The van der Waals surface area contributed by atoms with Gasteiger partial charge in [0.15, 0.2) is 0 Å². The van der Waals surface area contributed by atoms with E-state index in [1.807, 2.05) is 0 Å². The third-order valence-electron chi connectivity index (χ3n) is 0. The summed E-state index contributed by atoms with van der Waals surface area (Å²) in [7, 11) is 0. The summed E-state index contributed by atoms with van der Waals surface area (Å²) in [6.07, 6.45) is 0. The predicted molar refractivity (Wildman–Crippen MR) is 22.0 cm³/mol. The molecule has 0 aliphatic heterocycles. The van der Waals surface area contributed by atoms with E-state index in [0.29, 0.717) is 0 Å². The fourth-order valence-electron chi connectivity index (χ4n) is 0. The number of hydrogen-bond acceptors (Lipinski definition) is 1. The van der Waals surface area contributed by atoms with Gasteiger partial charge in [-0.1, -0.05) is 0 Å². The molecule has 0 atom stereocenters. The molecule has 5 heavy (non-hydrogen) atoms. The van der Waals surface area contributed by atoms with Gasteiger partial charge in [0.2, 0.25) is 5.91 Å². The minimum atomic E-state index is -0.333. The first kappa shape index (κ1) is 9.08. The molecule has 3 heteroatoms. The third-order valence-corrected chi connectivity index (χ3v) is 0. The number of amides is 1. The number of carbonyl (C=O) groups is 1. The Balaban J connectivity index is 0. The molecule has 0 spiro atoms. The van der Waals surface area contributed by atoms with Gasteiger partial charge in [0.25, 0.3) is 0 Å². The Labute approximate surface area is 53.0 Å². The van der Waals surface area contributed by atoms with Gasteiger partial charge in [0.1, 0.15) is 0 Å². The van der Waals surface area contributed by atoms with E-state index in [1.54, 1.807) is 0 Å². The third kappa shape index (κ3) is 123. The molecular weight excluding hydrogens is 77.0 g/mol. The molecule has 0 aliphatic rings. The van der Waals surface area contributed by atoms with Gasteiger partial charge in [-0.25, -0.2) is 0 Å². The molecule has 0 aromatic rings. The SMILES string of the molecule is CC(N)=O.[NaH]. The molecule has 0 rings (SSSR count). The van der Waals surface area contributed by atoms with E-state index in [2.05, 4.69) is 5.73 Å². The van der Waals surface area contributed by atoms with Crippen LogP contribution in [-0.4, -0.2) is 35.5 Å². The fourth-order valence-corrected chi connectivity index (χ4v) is 0. The van der Waals surface area contributed by atoms with Crippen LogP contribution in [0.2, 0.25) is 0 Å². The number of hydrogen-bond donors (Lipinski definition) is 1. The van der Waals surface area contributed by atoms with Gasteiger partial charge in [-0.15, -0.1) is 0 Å². The summed E-state index contributed by atoms with van der Waals surface area (Å²) in [5.74, 6) is -0.333. The molecule has 0 fully saturated rings. The van der Waals surface area contributed by atoms with Crippen LogP contribution in [0.3, 0.4) is 0 Å². The quantitative estimate of drug-likeness (QED) is 0.369. The molecule has 0 bridgehead atoms. The van der Waals surface area contributed by atoms with Crippen molar-refractivity contribution in [2.24, 2.45) is 5.73 Å². The predicted octanol–water partition coefficient (Wildman–Crippen LogP) is -1.16. The molecule has 0 radical (unpaired) electrons. The first-order valence-electron chi connectivity index (χ1n) is 0.993. The average molecular weight is 83.1 g/mol. The van der Waals surface area contributed by atoms with Crippen molar-refractivity contribution in [1.29, 1.82) is 0 Å². The van der Waals surface area contributed by atoms with E-state index in [4.69, 9.17) is 0 Å². The Bertz CT molecular complexity index is 32.6. The number of rotatable bonds is 0. The van der Waals surface area contributed by atoms with Crippen molar-refractivity contribution in [2.75, 3.05) is 0 Å². The summed E-state index contributed by atoms with van der Waals surface area (Å²) in [6, 6.07) is 0. The second-order valence-corrected chi connectivity index (χ2v) is 0.611. The Morgan fingerprint density at radius 3 is 1.80 bits per heavy atom. The molecule has 26 valence electrons. The normalized spacial score (nSPS) is 5.00. The molecule has 0 saturated carbocycles. The van der Waals surface area contributed by atoms with E-state index in [9.17, 15) is 4.79 Å². The van der Waals surface area contributed by atoms with Gasteiger partial charge in [-0.05, 0) is 0 Å². The Hall–Kier alpha value is 0.470. The molecule has 0 aliphatic carbocycles. The van der Waals surface area contributed by atoms with Crippen molar-refractivity contribution in [2.45, 2.75) is 6.92 Å². The first-order chi connectivity index (χ1) is 1.73. The Morgan fingerprint density at radius 1 is 1.80 bits per heavy atom. The van der Waals surface area contributed by atoms with Crippen molar-refractivity contribution in [3.05, 3.63) is 0 Å². The van der Waals surface area contributed by atoms with Crippen LogP contribution in [0.25, 0.3) is 0 Å². The molecule has 2 nitrogen and oxygen atoms in total. The minimum absolute atomic E-state index is 0. The fraction of sp³-hybridized carbons (Fsp3) is 0.500. The van der Waals surface area contributed by atoms with Crippen molar-refractivity contribution < 1.29 is 4.79 Å². The molecule has 0 unspecified atom stereocenters. The topological polar surface area (TPSA) is 43.1 Å². The zero-order valence-electron chi connectivity index (χ0n) is 2.49. The van der Waals surface area contributed by atoms with Crippen LogP contribution in [0.1, 0.15) is 6.92 Å². The Kier molecular flexibility index (Phi) is 8.11. The summed E-state index contributed by atoms with van der Waals surface area (Å²) in [5, 5.41) is 0. The summed E-state index contributed by atoms with van der Waals surface area (Å²) in [6.45, 7) is 1.31. The van der Waals surface area contributed by atoms with Crippen molar-refractivity contribution in [3.8, 4) is 0 Å². The molecule has 2 N–H and O–H groups in total. The zero-order valence-corrected chi connectivity index (χ0v) is 2.49. The maximum absolute atomic E-state index is 9.22. The number of nitrogens with two attached hydrogens (primary N) is 1. The van der Waals surface area contributed by atoms with Crippen LogP contribution >= 0.6 is 0 Å². The summed E-state index contributed by atoms with van der Waals surface area (Å²) >= 11 is 0. The van der Waals surface area contributed by atoms with E-state index in [1.165, 1.54) is 6.92 Å². The van der Waals surface area contributed by atoms with Crippen LogP contribution in [0.15, 0.2) is 0 Å². The maximum atomic E-state index is 9.22. The molecule has 0 heterocycles. The Morgan fingerprint density at radius 2 is 1.80 bits per heavy atom. The van der Waals surface area contributed by atoms with Crippen LogP contribution in [0.4, 0.5) is 0 Å². The van der Waals surface area contributed by atoms with Gasteiger partial charge >= 0.3 is 29.6 Å². The number of carbonyl (C=O) groups excluding carboxylic acids is 1. The molecule has 0 saturated heterocycles. The summed E-state index contributed by atoms with van der Waals surface area (Å²) in [4.78, 5) is 9.22. The van der Waals surface area contributed by atoms with Crippen LogP contribution in [-0.2, 0) is 4.79 Å². The van der Waals surface area contributed by atoms with E-state index >= 15 is 0 Å². The van der Waals surface area contributed by atoms with Crippen LogP contribution in [0.5, 0.6) is 0 Å². The molecule has 0 aromatic heterocycles. The van der Waals surface area contributed by atoms with Gasteiger partial charge < -0.3 is 5.73 Å². The van der Waals surface area contributed by atoms with Crippen LogP contribution < -0.4 is 5.73 Å². The van der Waals surface area contributed by atoms with E-state index in [-0.39, 0.29) is 35.5 Å². The monoisotopic (exact) mass is 83.0 g/mol. The summed E-state index contributed by atoms with van der Waals surface area (Å²) < 4.78 is 0. The van der Waals surface area contributed by atoms with Gasteiger partial charge in [0.05, 0.1) is 0 Å². The summed E-state index contributed by atoms with van der Waals surface area (Å²) in [5.41, 5.74) is 4.47. The average Bonchev–Trinajstić information content (AvgIpc) is 0.811. The molecule has 1 amide bonds. The standard InChI is InChI=1S/C2H5NO.Na.H/c1-2(3)4;;/h1H3,(H2,3,4);;. The van der Waals surface area contributed by atoms with Crippen molar-refractivity contribution in [1.82, 2.24) is 0 Å². The molecule has 0 aromatic carbocycles. The molecular formula is C2H6NNaO.